The molecule has 0 aromatic heterocycles. The van der Waals surface area contributed by atoms with Gasteiger partial charge in [0.25, 0.3) is 0 Å². The molecule has 1 aliphatic heterocycles. The molecule has 0 aromatic rings. The summed E-state index contributed by atoms with van der Waals surface area (Å²) in [5.74, 6) is 0.991. The molecular weight excluding hydrogens is 148 g/mol. The van der Waals surface area contributed by atoms with Crippen molar-refractivity contribution in [1.82, 2.24) is 0 Å². The monoisotopic (exact) mass is 168 g/mol. The molecule has 2 fully saturated rings. The van der Waals surface area contributed by atoms with Crippen LogP contribution in [0.1, 0.15) is 45.4 Å². The highest BCUT2D eigenvalue weighted by molar-refractivity contribution is 4.91. The van der Waals surface area contributed by atoms with Crippen molar-refractivity contribution in [3.63, 3.8) is 0 Å². The molecule has 0 amide bonds. The SMILES string of the molecule is CCC1(C2CCCCC2)COC1. The fraction of sp³-hybridized carbons (Fsp3) is 1.00. The first-order valence-corrected chi connectivity index (χ1v) is 5.45. The molecular formula is C11H20O. The van der Waals surface area contributed by atoms with E-state index in [4.69, 9.17) is 4.74 Å². The number of hydrogen-bond acceptors (Lipinski definition) is 1. The van der Waals surface area contributed by atoms with Gasteiger partial charge in [0.1, 0.15) is 0 Å². The minimum Gasteiger partial charge on any atom is -0.380 e. The van der Waals surface area contributed by atoms with Crippen LogP contribution in [-0.4, -0.2) is 13.2 Å². The predicted octanol–water partition coefficient (Wildman–Crippen LogP) is 2.99. The Bertz CT molecular complexity index is 138. The lowest BCUT2D eigenvalue weighted by Crippen LogP contribution is -2.48. The van der Waals surface area contributed by atoms with Gasteiger partial charge in [-0.25, -0.2) is 0 Å². The molecule has 1 saturated heterocycles. The van der Waals surface area contributed by atoms with Gasteiger partial charge < -0.3 is 4.74 Å². The second kappa shape index (κ2) is 3.37. The Morgan fingerprint density at radius 3 is 2.25 bits per heavy atom. The largest absolute Gasteiger partial charge is 0.380 e. The highest BCUT2D eigenvalue weighted by Crippen LogP contribution is 2.45. The van der Waals surface area contributed by atoms with Crippen molar-refractivity contribution in [3.8, 4) is 0 Å². The number of rotatable bonds is 2. The summed E-state index contributed by atoms with van der Waals surface area (Å²) in [6.07, 6.45) is 8.67. The van der Waals surface area contributed by atoms with E-state index in [2.05, 4.69) is 6.92 Å². The lowest BCUT2D eigenvalue weighted by molar-refractivity contribution is -0.154. The molecule has 1 nitrogen and oxygen atoms in total. The van der Waals surface area contributed by atoms with Gasteiger partial charge in [-0.1, -0.05) is 26.2 Å². The van der Waals surface area contributed by atoms with Crippen LogP contribution in [0.4, 0.5) is 0 Å². The number of hydrogen-bond donors (Lipinski definition) is 0. The molecule has 2 rings (SSSR count). The van der Waals surface area contributed by atoms with Crippen molar-refractivity contribution in [2.45, 2.75) is 45.4 Å². The van der Waals surface area contributed by atoms with Crippen LogP contribution >= 0.6 is 0 Å². The molecule has 0 aromatic carbocycles. The lowest BCUT2D eigenvalue weighted by atomic mass is 9.66. The summed E-state index contributed by atoms with van der Waals surface area (Å²) >= 11 is 0. The summed E-state index contributed by atoms with van der Waals surface area (Å²) in [5.41, 5.74) is 0.612. The quantitative estimate of drug-likeness (QED) is 0.616. The first-order valence-electron chi connectivity index (χ1n) is 5.45. The minimum atomic E-state index is 0.612. The molecule has 0 atom stereocenters. The lowest BCUT2D eigenvalue weighted by Gasteiger charge is -2.48. The molecule has 0 radical (unpaired) electrons. The maximum absolute atomic E-state index is 5.38. The zero-order valence-corrected chi connectivity index (χ0v) is 8.14. The van der Waals surface area contributed by atoms with Crippen LogP contribution in [0.2, 0.25) is 0 Å². The Morgan fingerprint density at radius 2 is 1.83 bits per heavy atom. The van der Waals surface area contributed by atoms with Crippen LogP contribution in [-0.2, 0) is 4.74 Å². The van der Waals surface area contributed by atoms with Gasteiger partial charge in [-0.15, -0.1) is 0 Å². The minimum absolute atomic E-state index is 0.612. The van der Waals surface area contributed by atoms with Gasteiger partial charge in [-0.05, 0) is 25.2 Å². The van der Waals surface area contributed by atoms with Gasteiger partial charge in [0, 0.05) is 5.41 Å². The molecule has 0 bridgehead atoms. The maximum Gasteiger partial charge on any atom is 0.0547 e. The number of ether oxygens (including phenoxy) is 1. The highest BCUT2D eigenvalue weighted by atomic mass is 16.5. The van der Waals surface area contributed by atoms with Gasteiger partial charge in [-0.3, -0.25) is 0 Å². The van der Waals surface area contributed by atoms with E-state index >= 15 is 0 Å². The Balaban J connectivity index is 1.95. The summed E-state index contributed by atoms with van der Waals surface area (Å²) in [4.78, 5) is 0. The summed E-state index contributed by atoms with van der Waals surface area (Å²) in [5, 5.41) is 0. The summed E-state index contributed by atoms with van der Waals surface area (Å²) in [7, 11) is 0. The van der Waals surface area contributed by atoms with E-state index in [0.717, 1.165) is 19.1 Å². The van der Waals surface area contributed by atoms with E-state index in [1.165, 1.54) is 38.5 Å². The Hall–Kier alpha value is -0.0400. The zero-order valence-electron chi connectivity index (χ0n) is 8.14. The van der Waals surface area contributed by atoms with E-state index in [1.807, 2.05) is 0 Å². The van der Waals surface area contributed by atoms with E-state index in [0.29, 0.717) is 5.41 Å². The average Bonchev–Trinajstić information content (AvgIpc) is 2.05. The molecule has 2 aliphatic rings. The molecule has 0 N–H and O–H groups in total. The van der Waals surface area contributed by atoms with Crippen molar-refractivity contribution >= 4 is 0 Å². The van der Waals surface area contributed by atoms with E-state index in [9.17, 15) is 0 Å². The van der Waals surface area contributed by atoms with Crippen molar-refractivity contribution in [1.29, 1.82) is 0 Å². The highest BCUT2D eigenvalue weighted by Gasteiger charge is 2.43. The van der Waals surface area contributed by atoms with Crippen molar-refractivity contribution in [3.05, 3.63) is 0 Å². The molecule has 1 heterocycles. The fourth-order valence-electron chi connectivity index (χ4n) is 2.81. The topological polar surface area (TPSA) is 9.23 Å². The van der Waals surface area contributed by atoms with Gasteiger partial charge >= 0.3 is 0 Å². The first-order chi connectivity index (χ1) is 5.87. The maximum atomic E-state index is 5.38. The second-order valence-corrected chi connectivity index (χ2v) is 4.54. The molecule has 70 valence electrons. The van der Waals surface area contributed by atoms with Crippen LogP contribution in [0.5, 0.6) is 0 Å². The van der Waals surface area contributed by atoms with E-state index in [-0.39, 0.29) is 0 Å². The van der Waals surface area contributed by atoms with Crippen molar-refractivity contribution in [2.75, 3.05) is 13.2 Å². The summed E-state index contributed by atoms with van der Waals surface area (Å²) in [6, 6.07) is 0. The normalized spacial score (nSPS) is 29.8. The molecule has 12 heavy (non-hydrogen) atoms. The van der Waals surface area contributed by atoms with Crippen molar-refractivity contribution in [2.24, 2.45) is 11.3 Å². The van der Waals surface area contributed by atoms with Gasteiger partial charge in [0.2, 0.25) is 0 Å². The third-order valence-electron chi connectivity index (χ3n) is 3.95. The van der Waals surface area contributed by atoms with Gasteiger partial charge in [0.15, 0.2) is 0 Å². The Morgan fingerprint density at radius 1 is 1.17 bits per heavy atom. The summed E-state index contributed by atoms with van der Waals surface area (Å²) < 4.78 is 5.38. The van der Waals surface area contributed by atoms with Gasteiger partial charge in [0.05, 0.1) is 13.2 Å². The van der Waals surface area contributed by atoms with Gasteiger partial charge in [-0.2, -0.15) is 0 Å². The van der Waals surface area contributed by atoms with Crippen LogP contribution in [0.25, 0.3) is 0 Å². The first kappa shape index (κ1) is 8.55. The van der Waals surface area contributed by atoms with Crippen LogP contribution in [0.15, 0.2) is 0 Å². The third-order valence-corrected chi connectivity index (χ3v) is 3.95. The average molecular weight is 168 g/mol. The summed E-state index contributed by atoms with van der Waals surface area (Å²) in [6.45, 7) is 4.43. The molecule has 0 spiro atoms. The second-order valence-electron chi connectivity index (χ2n) is 4.54. The van der Waals surface area contributed by atoms with E-state index < -0.39 is 0 Å². The fourth-order valence-corrected chi connectivity index (χ4v) is 2.81. The molecule has 1 heteroatoms. The standard InChI is InChI=1S/C11H20O/c1-2-11(8-12-9-11)10-6-4-3-5-7-10/h10H,2-9H2,1H3. The predicted molar refractivity (Wildman–Crippen MR) is 50.1 cm³/mol. The van der Waals surface area contributed by atoms with Crippen LogP contribution in [0.3, 0.4) is 0 Å². The third kappa shape index (κ3) is 1.28. The Labute approximate surface area is 75.5 Å². The zero-order chi connectivity index (χ0) is 8.44. The molecule has 1 aliphatic carbocycles. The van der Waals surface area contributed by atoms with E-state index in [1.54, 1.807) is 0 Å². The Kier molecular flexibility index (Phi) is 2.40. The molecule has 0 unspecified atom stereocenters. The smallest absolute Gasteiger partial charge is 0.0547 e. The van der Waals surface area contributed by atoms with Crippen LogP contribution < -0.4 is 0 Å². The molecule has 1 saturated carbocycles. The van der Waals surface area contributed by atoms with Crippen molar-refractivity contribution < 1.29 is 4.74 Å². The van der Waals surface area contributed by atoms with Crippen LogP contribution in [0, 0.1) is 11.3 Å².